The monoisotopic (exact) mass is 245 g/mol. The largest absolute Gasteiger partial charge is 0.486 e. The van der Waals surface area contributed by atoms with Crippen LogP contribution in [0.3, 0.4) is 0 Å². The van der Waals surface area contributed by atoms with Gasteiger partial charge >= 0.3 is 0 Å². The molecule has 0 bridgehead atoms. The second-order valence-electron chi connectivity index (χ2n) is 5.87. The first-order valence-electron chi connectivity index (χ1n) is 7.30. The van der Waals surface area contributed by atoms with E-state index in [4.69, 9.17) is 4.74 Å². The first-order valence-corrected chi connectivity index (χ1v) is 7.30. The van der Waals surface area contributed by atoms with E-state index in [1.807, 2.05) is 0 Å². The van der Waals surface area contributed by atoms with Crippen molar-refractivity contribution in [2.24, 2.45) is 5.92 Å². The van der Waals surface area contributed by atoms with E-state index in [0.717, 1.165) is 11.7 Å². The summed E-state index contributed by atoms with van der Waals surface area (Å²) in [5.74, 6) is 1.93. The lowest BCUT2D eigenvalue weighted by molar-refractivity contribution is 0.105. The molecule has 1 N–H and O–H groups in total. The molecule has 3 rings (SSSR count). The van der Waals surface area contributed by atoms with Gasteiger partial charge in [0.15, 0.2) is 0 Å². The lowest BCUT2D eigenvalue weighted by Gasteiger charge is -2.41. The molecule has 1 heterocycles. The van der Waals surface area contributed by atoms with E-state index in [9.17, 15) is 0 Å². The fourth-order valence-corrected chi connectivity index (χ4v) is 3.40. The van der Waals surface area contributed by atoms with Crippen LogP contribution in [0.4, 0.5) is 5.69 Å². The molecule has 1 saturated carbocycles. The predicted molar refractivity (Wildman–Crippen MR) is 75.3 cm³/mol. The first kappa shape index (κ1) is 11.9. The van der Waals surface area contributed by atoms with Crippen LogP contribution in [-0.2, 0) is 0 Å². The normalized spacial score (nSPS) is 29.8. The zero-order valence-corrected chi connectivity index (χ0v) is 11.4. The molecule has 1 aliphatic carbocycles. The van der Waals surface area contributed by atoms with Crippen molar-refractivity contribution in [2.45, 2.75) is 58.1 Å². The number of anilines is 1. The molecule has 0 amide bonds. The molecular weight excluding hydrogens is 222 g/mol. The van der Waals surface area contributed by atoms with E-state index in [1.165, 1.54) is 43.4 Å². The van der Waals surface area contributed by atoms with E-state index in [-0.39, 0.29) is 0 Å². The van der Waals surface area contributed by atoms with Crippen LogP contribution in [0.25, 0.3) is 0 Å². The summed E-state index contributed by atoms with van der Waals surface area (Å²) < 4.78 is 6.18. The quantitative estimate of drug-likeness (QED) is 0.845. The average Bonchev–Trinajstić information content (AvgIpc) is 2.37. The van der Waals surface area contributed by atoms with Crippen LogP contribution in [0.1, 0.15) is 44.6 Å². The maximum atomic E-state index is 6.18. The molecule has 1 fully saturated rings. The molecule has 3 atom stereocenters. The fraction of sp³-hybridized carbons (Fsp3) is 0.625. The Balaban J connectivity index is 1.76. The lowest BCUT2D eigenvalue weighted by Crippen LogP contribution is -2.45. The number of aryl methyl sites for hydroxylation is 1. The van der Waals surface area contributed by atoms with Gasteiger partial charge in [0.1, 0.15) is 11.9 Å². The van der Waals surface area contributed by atoms with Crippen LogP contribution in [-0.4, -0.2) is 12.1 Å². The van der Waals surface area contributed by atoms with Crippen molar-refractivity contribution in [1.82, 2.24) is 0 Å². The molecule has 2 aliphatic rings. The van der Waals surface area contributed by atoms with Gasteiger partial charge in [-0.3, -0.25) is 0 Å². The highest BCUT2D eigenvalue weighted by atomic mass is 16.5. The topological polar surface area (TPSA) is 21.3 Å². The van der Waals surface area contributed by atoms with Gasteiger partial charge in [-0.1, -0.05) is 25.8 Å². The minimum Gasteiger partial charge on any atom is -0.486 e. The van der Waals surface area contributed by atoms with Crippen LogP contribution >= 0.6 is 0 Å². The first-order chi connectivity index (χ1) is 8.76. The number of rotatable bonds is 2. The second-order valence-corrected chi connectivity index (χ2v) is 5.87. The van der Waals surface area contributed by atoms with Gasteiger partial charge in [-0.25, -0.2) is 0 Å². The van der Waals surface area contributed by atoms with Crippen molar-refractivity contribution in [1.29, 1.82) is 0 Å². The highest BCUT2D eigenvalue weighted by molar-refractivity contribution is 5.60. The molecule has 3 unspecified atom stereocenters. The molecular formula is C16H23NO. The van der Waals surface area contributed by atoms with Crippen molar-refractivity contribution in [3.05, 3.63) is 23.8 Å². The third kappa shape index (κ3) is 2.21. The highest BCUT2D eigenvalue weighted by Crippen LogP contribution is 2.39. The summed E-state index contributed by atoms with van der Waals surface area (Å²) in [4.78, 5) is 0. The van der Waals surface area contributed by atoms with Crippen molar-refractivity contribution >= 4 is 5.69 Å². The van der Waals surface area contributed by atoms with Crippen LogP contribution in [0.2, 0.25) is 0 Å². The van der Waals surface area contributed by atoms with Crippen LogP contribution < -0.4 is 10.1 Å². The molecule has 1 aromatic rings. The van der Waals surface area contributed by atoms with Gasteiger partial charge in [-0.05, 0) is 49.8 Å². The number of hydrogen-bond acceptors (Lipinski definition) is 2. The Morgan fingerprint density at radius 2 is 2.22 bits per heavy atom. The summed E-state index contributed by atoms with van der Waals surface area (Å²) in [7, 11) is 0. The Morgan fingerprint density at radius 3 is 3.06 bits per heavy atom. The van der Waals surface area contributed by atoms with Crippen LogP contribution in [0, 0.1) is 12.8 Å². The van der Waals surface area contributed by atoms with E-state index in [1.54, 1.807) is 0 Å². The molecule has 0 radical (unpaired) electrons. The molecule has 18 heavy (non-hydrogen) atoms. The molecule has 0 aromatic heterocycles. The molecule has 1 aromatic carbocycles. The number of ether oxygens (including phenoxy) is 1. The minimum atomic E-state index is 0.382. The van der Waals surface area contributed by atoms with Gasteiger partial charge in [0, 0.05) is 0 Å². The smallest absolute Gasteiger partial charge is 0.143 e. The van der Waals surface area contributed by atoms with E-state index < -0.39 is 0 Å². The van der Waals surface area contributed by atoms with E-state index >= 15 is 0 Å². The van der Waals surface area contributed by atoms with Gasteiger partial charge in [-0.15, -0.1) is 0 Å². The number of benzene rings is 1. The Labute approximate surface area is 110 Å². The zero-order valence-electron chi connectivity index (χ0n) is 11.4. The van der Waals surface area contributed by atoms with Crippen LogP contribution in [0.15, 0.2) is 18.2 Å². The molecule has 2 nitrogen and oxygen atoms in total. The van der Waals surface area contributed by atoms with E-state index in [0.29, 0.717) is 12.1 Å². The van der Waals surface area contributed by atoms with E-state index in [2.05, 4.69) is 37.4 Å². The number of fused-ring (bicyclic) bond motifs is 2. The average molecular weight is 245 g/mol. The van der Waals surface area contributed by atoms with Gasteiger partial charge < -0.3 is 10.1 Å². The van der Waals surface area contributed by atoms with Gasteiger partial charge in [0.05, 0.1) is 11.7 Å². The third-order valence-electron chi connectivity index (χ3n) is 4.35. The molecule has 2 heteroatoms. The maximum absolute atomic E-state index is 6.18. The summed E-state index contributed by atoms with van der Waals surface area (Å²) >= 11 is 0. The standard InChI is InChI=1S/C16H23NO/c1-3-4-12-6-8-15-14(10-12)17-13-7-5-11(2)9-16(13)18-15/h5,7,9,12,14-15,17H,3-4,6,8,10H2,1-2H3. The summed E-state index contributed by atoms with van der Waals surface area (Å²) in [6.07, 6.45) is 6.86. The van der Waals surface area contributed by atoms with Gasteiger partial charge in [0.25, 0.3) is 0 Å². The maximum Gasteiger partial charge on any atom is 0.143 e. The summed E-state index contributed by atoms with van der Waals surface area (Å²) in [5, 5.41) is 3.69. The molecule has 0 saturated heterocycles. The molecule has 1 aliphatic heterocycles. The Kier molecular flexibility index (Phi) is 3.19. The highest BCUT2D eigenvalue weighted by Gasteiger charge is 2.35. The Morgan fingerprint density at radius 1 is 1.33 bits per heavy atom. The van der Waals surface area contributed by atoms with Gasteiger partial charge in [0.2, 0.25) is 0 Å². The fourth-order valence-electron chi connectivity index (χ4n) is 3.40. The summed E-state index contributed by atoms with van der Waals surface area (Å²) in [6, 6.07) is 6.98. The third-order valence-corrected chi connectivity index (χ3v) is 4.35. The Bertz CT molecular complexity index is 429. The van der Waals surface area contributed by atoms with Crippen molar-refractivity contribution in [3.63, 3.8) is 0 Å². The summed E-state index contributed by atoms with van der Waals surface area (Å²) in [6.45, 7) is 4.41. The lowest BCUT2D eigenvalue weighted by atomic mass is 9.80. The number of nitrogens with one attached hydrogen (secondary N) is 1. The molecule has 98 valence electrons. The van der Waals surface area contributed by atoms with Crippen molar-refractivity contribution in [2.75, 3.05) is 5.32 Å². The number of hydrogen-bond donors (Lipinski definition) is 1. The second kappa shape index (κ2) is 4.83. The minimum absolute atomic E-state index is 0.382. The SMILES string of the molecule is CCCC1CCC2Oc3cc(C)ccc3NC2C1. The van der Waals surface area contributed by atoms with Crippen molar-refractivity contribution < 1.29 is 4.74 Å². The van der Waals surface area contributed by atoms with Crippen molar-refractivity contribution in [3.8, 4) is 5.75 Å². The molecule has 0 spiro atoms. The van der Waals surface area contributed by atoms with Gasteiger partial charge in [-0.2, -0.15) is 0 Å². The van der Waals surface area contributed by atoms with Crippen LogP contribution in [0.5, 0.6) is 5.75 Å². The zero-order chi connectivity index (χ0) is 12.5. The summed E-state index contributed by atoms with van der Waals surface area (Å²) in [5.41, 5.74) is 2.45. The predicted octanol–water partition coefficient (Wildman–Crippen LogP) is 4.14. The Hall–Kier alpha value is -1.18.